The number of rotatable bonds is 2. The maximum atomic E-state index is 12.0. The summed E-state index contributed by atoms with van der Waals surface area (Å²) in [6.45, 7) is 2.06. The van der Waals surface area contributed by atoms with Gasteiger partial charge in [-0.3, -0.25) is 4.79 Å². The SMILES string of the molecule is O=C(OCc1ccccc1)N1CC[C@@]2(CCNC2=O)C1. The van der Waals surface area contributed by atoms with Gasteiger partial charge in [-0.05, 0) is 18.4 Å². The van der Waals surface area contributed by atoms with Crippen molar-refractivity contribution in [1.29, 1.82) is 0 Å². The van der Waals surface area contributed by atoms with Crippen molar-refractivity contribution in [1.82, 2.24) is 10.2 Å². The summed E-state index contributed by atoms with van der Waals surface area (Å²) in [5, 5.41) is 2.85. The zero-order valence-electron chi connectivity index (χ0n) is 11.3. The summed E-state index contributed by atoms with van der Waals surface area (Å²) in [5.41, 5.74) is 0.597. The lowest BCUT2D eigenvalue weighted by Crippen LogP contribution is -2.36. The first-order chi connectivity index (χ1) is 9.70. The van der Waals surface area contributed by atoms with Gasteiger partial charge >= 0.3 is 6.09 Å². The van der Waals surface area contributed by atoms with E-state index in [1.165, 1.54) is 0 Å². The van der Waals surface area contributed by atoms with E-state index < -0.39 is 0 Å². The molecule has 20 heavy (non-hydrogen) atoms. The summed E-state index contributed by atoms with van der Waals surface area (Å²) < 4.78 is 5.31. The van der Waals surface area contributed by atoms with Crippen molar-refractivity contribution in [2.24, 2.45) is 5.41 Å². The Balaban J connectivity index is 1.55. The lowest BCUT2D eigenvalue weighted by Gasteiger charge is -2.20. The lowest BCUT2D eigenvalue weighted by atomic mass is 9.86. The molecule has 0 bridgehead atoms. The average Bonchev–Trinajstić information content (AvgIpc) is 3.06. The van der Waals surface area contributed by atoms with Crippen molar-refractivity contribution in [3.05, 3.63) is 35.9 Å². The maximum Gasteiger partial charge on any atom is 0.410 e. The molecular weight excluding hydrogens is 256 g/mol. The molecule has 1 spiro atoms. The largest absolute Gasteiger partial charge is 0.445 e. The van der Waals surface area contributed by atoms with Crippen LogP contribution in [0.1, 0.15) is 18.4 Å². The zero-order valence-corrected chi connectivity index (χ0v) is 11.3. The molecule has 106 valence electrons. The number of nitrogens with one attached hydrogen (secondary N) is 1. The third-order valence-electron chi connectivity index (χ3n) is 4.19. The number of hydrogen-bond donors (Lipinski definition) is 1. The van der Waals surface area contributed by atoms with Crippen molar-refractivity contribution in [2.45, 2.75) is 19.4 Å². The van der Waals surface area contributed by atoms with E-state index in [0.717, 1.165) is 18.4 Å². The molecule has 0 saturated carbocycles. The first kappa shape index (κ1) is 13.0. The number of carbonyl (C=O) groups is 2. The number of likely N-dealkylation sites (tertiary alicyclic amines) is 1. The number of amides is 2. The molecule has 1 N–H and O–H groups in total. The van der Waals surface area contributed by atoms with Gasteiger partial charge in [-0.25, -0.2) is 4.79 Å². The predicted octanol–water partition coefficient (Wildman–Crippen LogP) is 1.54. The van der Waals surface area contributed by atoms with Crippen LogP contribution in [0.2, 0.25) is 0 Å². The smallest absolute Gasteiger partial charge is 0.410 e. The summed E-state index contributed by atoms with van der Waals surface area (Å²) in [6, 6.07) is 9.59. The fraction of sp³-hybridized carbons (Fsp3) is 0.467. The molecule has 2 amide bonds. The first-order valence-electron chi connectivity index (χ1n) is 6.94. The fourth-order valence-electron chi connectivity index (χ4n) is 2.94. The van der Waals surface area contributed by atoms with Crippen molar-refractivity contribution < 1.29 is 14.3 Å². The molecule has 0 aliphatic carbocycles. The number of benzene rings is 1. The van der Waals surface area contributed by atoms with Gasteiger partial charge in [0.1, 0.15) is 6.61 Å². The van der Waals surface area contributed by atoms with Gasteiger partial charge < -0.3 is 15.0 Å². The summed E-state index contributed by atoms with van der Waals surface area (Å²) in [5.74, 6) is 0.0795. The molecule has 2 saturated heterocycles. The molecule has 2 aliphatic heterocycles. The van der Waals surface area contributed by atoms with Crippen LogP contribution in [0.15, 0.2) is 30.3 Å². The summed E-state index contributed by atoms with van der Waals surface area (Å²) in [7, 11) is 0. The zero-order chi connectivity index (χ0) is 14.0. The van der Waals surface area contributed by atoms with E-state index in [1.54, 1.807) is 4.90 Å². The Bertz CT molecular complexity index is 517. The van der Waals surface area contributed by atoms with Crippen LogP contribution in [0, 0.1) is 5.41 Å². The molecule has 2 heterocycles. The van der Waals surface area contributed by atoms with E-state index >= 15 is 0 Å². The molecule has 0 radical (unpaired) electrons. The number of ether oxygens (including phenoxy) is 1. The summed E-state index contributed by atoms with van der Waals surface area (Å²) >= 11 is 0. The molecule has 5 heteroatoms. The first-order valence-corrected chi connectivity index (χ1v) is 6.94. The molecule has 2 fully saturated rings. The Kier molecular flexibility index (Phi) is 3.34. The van der Waals surface area contributed by atoms with Gasteiger partial charge in [0.15, 0.2) is 0 Å². The van der Waals surface area contributed by atoms with Gasteiger partial charge in [-0.2, -0.15) is 0 Å². The van der Waals surface area contributed by atoms with Crippen LogP contribution in [0.3, 0.4) is 0 Å². The van der Waals surface area contributed by atoms with Gasteiger partial charge in [0.2, 0.25) is 5.91 Å². The lowest BCUT2D eigenvalue weighted by molar-refractivity contribution is -0.126. The maximum absolute atomic E-state index is 12.0. The van der Waals surface area contributed by atoms with Crippen molar-refractivity contribution >= 4 is 12.0 Å². The molecule has 0 unspecified atom stereocenters. The van der Waals surface area contributed by atoms with Gasteiger partial charge in [0.05, 0.1) is 5.41 Å². The highest BCUT2D eigenvalue weighted by atomic mass is 16.6. The molecule has 2 aliphatic rings. The quantitative estimate of drug-likeness (QED) is 0.890. The van der Waals surface area contributed by atoms with Crippen molar-refractivity contribution in [3.63, 3.8) is 0 Å². The second-order valence-corrected chi connectivity index (χ2v) is 5.50. The van der Waals surface area contributed by atoms with E-state index in [-0.39, 0.29) is 24.0 Å². The minimum absolute atomic E-state index is 0.0795. The van der Waals surface area contributed by atoms with Gasteiger partial charge in [0, 0.05) is 19.6 Å². The number of nitrogens with zero attached hydrogens (tertiary/aromatic N) is 1. The van der Waals surface area contributed by atoms with Crippen LogP contribution in [-0.4, -0.2) is 36.5 Å². The van der Waals surface area contributed by atoms with Crippen LogP contribution in [0.25, 0.3) is 0 Å². The van der Waals surface area contributed by atoms with Gasteiger partial charge in [-0.15, -0.1) is 0 Å². The molecule has 0 aromatic heterocycles. The highest BCUT2D eigenvalue weighted by Gasteiger charge is 2.48. The Morgan fingerprint density at radius 1 is 1.30 bits per heavy atom. The van der Waals surface area contributed by atoms with Crippen LogP contribution in [0.4, 0.5) is 4.79 Å². The molecule has 1 atom stereocenters. The average molecular weight is 274 g/mol. The van der Waals surface area contributed by atoms with Crippen LogP contribution in [-0.2, 0) is 16.1 Å². The normalized spacial score (nSPS) is 25.0. The third kappa shape index (κ3) is 2.35. The molecule has 5 nitrogen and oxygen atoms in total. The minimum Gasteiger partial charge on any atom is -0.445 e. The Hall–Kier alpha value is -2.04. The van der Waals surface area contributed by atoms with E-state index in [0.29, 0.717) is 19.6 Å². The van der Waals surface area contributed by atoms with E-state index in [2.05, 4.69) is 5.32 Å². The van der Waals surface area contributed by atoms with Gasteiger partial charge in [0.25, 0.3) is 0 Å². The molecular formula is C15H18N2O3. The summed E-state index contributed by atoms with van der Waals surface area (Å²) in [6.07, 6.45) is 1.22. The molecule has 1 aromatic rings. The monoisotopic (exact) mass is 274 g/mol. The van der Waals surface area contributed by atoms with Crippen LogP contribution >= 0.6 is 0 Å². The molecule has 3 rings (SSSR count). The van der Waals surface area contributed by atoms with Gasteiger partial charge in [-0.1, -0.05) is 30.3 Å². The Labute approximate surface area is 117 Å². The fourth-order valence-corrected chi connectivity index (χ4v) is 2.94. The Morgan fingerprint density at radius 3 is 2.80 bits per heavy atom. The standard InChI is InChI=1S/C15H18N2O3/c18-13-15(6-8-16-13)7-9-17(11-15)14(19)20-10-12-4-2-1-3-5-12/h1-5H,6-11H2,(H,16,18)/t15-/m0/s1. The second-order valence-electron chi connectivity index (χ2n) is 5.50. The molecule has 1 aromatic carbocycles. The second kappa shape index (κ2) is 5.15. The van der Waals surface area contributed by atoms with E-state index in [9.17, 15) is 9.59 Å². The summed E-state index contributed by atoms with van der Waals surface area (Å²) in [4.78, 5) is 25.5. The number of carbonyl (C=O) groups excluding carboxylic acids is 2. The van der Waals surface area contributed by atoms with Crippen molar-refractivity contribution in [2.75, 3.05) is 19.6 Å². The van der Waals surface area contributed by atoms with E-state index in [4.69, 9.17) is 4.74 Å². The van der Waals surface area contributed by atoms with E-state index in [1.807, 2.05) is 30.3 Å². The highest BCUT2D eigenvalue weighted by molar-refractivity contribution is 5.86. The Morgan fingerprint density at radius 2 is 2.10 bits per heavy atom. The van der Waals surface area contributed by atoms with Crippen LogP contribution in [0.5, 0.6) is 0 Å². The topological polar surface area (TPSA) is 58.6 Å². The van der Waals surface area contributed by atoms with Crippen molar-refractivity contribution in [3.8, 4) is 0 Å². The predicted molar refractivity (Wildman–Crippen MR) is 72.9 cm³/mol. The highest BCUT2D eigenvalue weighted by Crippen LogP contribution is 2.37. The minimum atomic E-state index is -0.369. The van der Waals surface area contributed by atoms with Crippen LogP contribution < -0.4 is 5.32 Å². The number of hydrogen-bond acceptors (Lipinski definition) is 3. The third-order valence-corrected chi connectivity index (χ3v) is 4.19.